The SMILES string of the molecule is Oc1cccc(C2=C3CCC(=C(c4ccccc4)c4ccc([nH]4)C(c4cccc(O)c4)=c4ccc([nH]4)=C(c4cccc(O)c4)c4ccc2[nH]4)N3)c1. The van der Waals surface area contributed by atoms with Crippen LogP contribution in [0.25, 0.3) is 22.3 Å². The van der Waals surface area contributed by atoms with E-state index in [1.165, 1.54) is 0 Å². The van der Waals surface area contributed by atoms with Crippen molar-refractivity contribution in [2.45, 2.75) is 12.8 Å². The van der Waals surface area contributed by atoms with E-state index in [4.69, 9.17) is 0 Å². The molecule has 5 heterocycles. The molecule has 51 heavy (non-hydrogen) atoms. The molecule has 248 valence electrons. The molecule has 7 heteroatoms. The number of benzene rings is 4. The summed E-state index contributed by atoms with van der Waals surface area (Å²) in [5.74, 6) is 0.547. The summed E-state index contributed by atoms with van der Waals surface area (Å²) in [5, 5.41) is 37.3. The maximum absolute atomic E-state index is 10.6. The van der Waals surface area contributed by atoms with Crippen molar-refractivity contribution < 1.29 is 15.3 Å². The predicted molar refractivity (Wildman–Crippen MR) is 200 cm³/mol. The van der Waals surface area contributed by atoms with Crippen molar-refractivity contribution in [3.05, 3.63) is 207 Å². The van der Waals surface area contributed by atoms with Gasteiger partial charge in [-0.1, -0.05) is 66.7 Å². The number of aromatic nitrogens is 3. The standard InChI is InChI=1S/C44H34N4O3/c49-30-12-4-9-27(23-30)42-35-17-15-33(45-35)41(26-7-2-1-3-8-26)34-16-18-36(46-34)43(28-10-5-13-31(50)24-28)38-20-22-40(48-38)44(39-21-19-37(42)47-39)29-11-6-14-32(51)25-29/h1-15,17,19-25,45-51H,16,18H2. The molecule has 8 bridgehead atoms. The summed E-state index contributed by atoms with van der Waals surface area (Å²) < 4.78 is 0. The minimum absolute atomic E-state index is 0.169. The fourth-order valence-electron chi connectivity index (χ4n) is 7.48. The zero-order chi connectivity index (χ0) is 34.5. The van der Waals surface area contributed by atoms with E-state index < -0.39 is 0 Å². The first-order valence-corrected chi connectivity index (χ1v) is 17.0. The summed E-state index contributed by atoms with van der Waals surface area (Å²) >= 11 is 0. The number of nitrogens with one attached hydrogen (secondary N) is 4. The number of hydrogen-bond acceptors (Lipinski definition) is 4. The molecule has 0 aliphatic carbocycles. The molecule has 2 aliphatic rings. The van der Waals surface area contributed by atoms with Gasteiger partial charge in [0.05, 0.1) is 0 Å². The molecule has 1 fully saturated rings. The number of fused-ring (bicyclic) bond motifs is 8. The van der Waals surface area contributed by atoms with E-state index in [-0.39, 0.29) is 17.2 Å². The van der Waals surface area contributed by atoms with Gasteiger partial charge < -0.3 is 35.6 Å². The Balaban J connectivity index is 1.40. The summed E-state index contributed by atoms with van der Waals surface area (Å²) in [6.07, 6.45) is 1.55. The minimum Gasteiger partial charge on any atom is -0.508 e. The normalized spacial score (nSPS) is 14.3. The topological polar surface area (TPSA) is 120 Å². The van der Waals surface area contributed by atoms with Crippen molar-refractivity contribution in [2.24, 2.45) is 0 Å². The predicted octanol–water partition coefficient (Wildman–Crippen LogP) is 7.20. The number of hydrogen-bond donors (Lipinski definition) is 7. The second-order valence-electron chi connectivity index (χ2n) is 13.0. The van der Waals surface area contributed by atoms with Crippen LogP contribution in [0.3, 0.4) is 0 Å². The van der Waals surface area contributed by atoms with Gasteiger partial charge in [0, 0.05) is 67.2 Å². The van der Waals surface area contributed by atoms with Crippen LogP contribution in [0.2, 0.25) is 0 Å². The fourth-order valence-corrected chi connectivity index (χ4v) is 7.48. The summed E-state index contributed by atoms with van der Waals surface area (Å²) in [7, 11) is 0. The molecule has 7 N–H and O–H groups in total. The summed E-state index contributed by atoms with van der Waals surface area (Å²) in [6, 6.07) is 44.8. The molecule has 3 aromatic heterocycles. The molecule has 1 saturated heterocycles. The van der Waals surface area contributed by atoms with Gasteiger partial charge in [0.25, 0.3) is 0 Å². The number of allylic oxidation sites excluding steroid dienone is 2. The van der Waals surface area contributed by atoms with Crippen LogP contribution in [0.4, 0.5) is 0 Å². The number of aromatic hydroxyl groups is 3. The van der Waals surface area contributed by atoms with Gasteiger partial charge in [-0.2, -0.15) is 0 Å². The highest BCUT2D eigenvalue weighted by Crippen LogP contribution is 2.38. The lowest BCUT2D eigenvalue weighted by Gasteiger charge is -2.15. The highest BCUT2D eigenvalue weighted by molar-refractivity contribution is 5.88. The van der Waals surface area contributed by atoms with Gasteiger partial charge in [0.1, 0.15) is 17.2 Å². The van der Waals surface area contributed by atoms with E-state index >= 15 is 0 Å². The summed E-state index contributed by atoms with van der Waals surface area (Å²) in [5.41, 5.74) is 13.2. The van der Waals surface area contributed by atoms with Crippen LogP contribution in [-0.2, 0) is 0 Å². The highest BCUT2D eigenvalue weighted by Gasteiger charge is 2.25. The van der Waals surface area contributed by atoms with E-state index in [2.05, 4.69) is 80.9 Å². The van der Waals surface area contributed by atoms with Gasteiger partial charge in [0.2, 0.25) is 0 Å². The largest absolute Gasteiger partial charge is 0.508 e. The van der Waals surface area contributed by atoms with Crippen molar-refractivity contribution in [3.63, 3.8) is 0 Å². The molecule has 0 spiro atoms. The van der Waals surface area contributed by atoms with Crippen LogP contribution >= 0.6 is 0 Å². The molecule has 2 aliphatic heterocycles. The van der Waals surface area contributed by atoms with Crippen LogP contribution in [-0.4, -0.2) is 30.3 Å². The second-order valence-corrected chi connectivity index (χ2v) is 13.0. The van der Waals surface area contributed by atoms with E-state index in [1.54, 1.807) is 36.4 Å². The van der Waals surface area contributed by atoms with E-state index in [9.17, 15) is 15.3 Å². The Morgan fingerprint density at radius 1 is 0.353 bits per heavy atom. The van der Waals surface area contributed by atoms with Crippen LogP contribution in [0.5, 0.6) is 17.2 Å². The van der Waals surface area contributed by atoms with E-state index in [0.717, 1.165) is 102 Å². The third-order valence-corrected chi connectivity index (χ3v) is 9.67. The second kappa shape index (κ2) is 12.2. The monoisotopic (exact) mass is 666 g/mol. The Hall–Kier alpha value is -6.86. The maximum Gasteiger partial charge on any atom is 0.116 e. The van der Waals surface area contributed by atoms with Crippen molar-refractivity contribution in [2.75, 3.05) is 0 Å². The quantitative estimate of drug-likeness (QED) is 0.108. The molecule has 7 aromatic rings. The first-order valence-electron chi connectivity index (χ1n) is 17.0. The first-order chi connectivity index (χ1) is 25.0. The molecule has 0 amide bonds. The van der Waals surface area contributed by atoms with Gasteiger partial charge >= 0.3 is 0 Å². The first kappa shape index (κ1) is 30.2. The maximum atomic E-state index is 10.6. The van der Waals surface area contributed by atoms with Gasteiger partial charge in [-0.05, 0) is 108 Å². The molecule has 0 atom stereocenters. The molecule has 0 radical (unpaired) electrons. The third-order valence-electron chi connectivity index (χ3n) is 9.67. The van der Waals surface area contributed by atoms with Crippen LogP contribution < -0.4 is 16.0 Å². The number of H-pyrrole nitrogens is 3. The van der Waals surface area contributed by atoms with E-state index in [0.29, 0.717) is 0 Å². The summed E-state index contributed by atoms with van der Waals surface area (Å²) in [6.45, 7) is 0. The van der Waals surface area contributed by atoms with E-state index in [1.807, 2.05) is 42.5 Å². The number of rotatable bonds is 4. The van der Waals surface area contributed by atoms with Crippen molar-refractivity contribution in [3.8, 4) is 17.2 Å². The molecule has 0 saturated carbocycles. The van der Waals surface area contributed by atoms with Crippen molar-refractivity contribution in [1.29, 1.82) is 0 Å². The molecule has 7 nitrogen and oxygen atoms in total. The van der Waals surface area contributed by atoms with Gasteiger partial charge in [-0.15, -0.1) is 0 Å². The van der Waals surface area contributed by atoms with Gasteiger partial charge in [0.15, 0.2) is 0 Å². The Morgan fingerprint density at radius 2 is 0.745 bits per heavy atom. The van der Waals surface area contributed by atoms with Crippen LogP contribution in [0.15, 0.2) is 151 Å². The number of phenolic OH excluding ortho intramolecular Hbond substituents is 3. The number of phenols is 3. The summed E-state index contributed by atoms with van der Waals surface area (Å²) in [4.78, 5) is 11.2. The Bertz CT molecular complexity index is 2650. The molecular weight excluding hydrogens is 633 g/mol. The van der Waals surface area contributed by atoms with Crippen LogP contribution in [0, 0.1) is 0 Å². The van der Waals surface area contributed by atoms with Gasteiger partial charge in [-0.25, -0.2) is 0 Å². The lowest BCUT2D eigenvalue weighted by Crippen LogP contribution is -2.17. The Labute approximate surface area is 293 Å². The Kier molecular flexibility index (Phi) is 7.25. The smallest absolute Gasteiger partial charge is 0.116 e. The van der Waals surface area contributed by atoms with Gasteiger partial charge in [-0.3, -0.25) is 0 Å². The molecule has 4 aromatic carbocycles. The highest BCUT2D eigenvalue weighted by atomic mass is 16.3. The number of aromatic amines is 3. The van der Waals surface area contributed by atoms with Crippen LogP contribution in [0.1, 0.15) is 57.9 Å². The molecular formula is C44H34N4O3. The lowest BCUT2D eigenvalue weighted by atomic mass is 9.99. The average Bonchev–Trinajstić information content (AvgIpc) is 3.97. The third kappa shape index (κ3) is 5.51. The van der Waals surface area contributed by atoms with Crippen molar-refractivity contribution >= 4 is 22.3 Å². The minimum atomic E-state index is 0.169. The average molecular weight is 667 g/mol. The van der Waals surface area contributed by atoms with Crippen molar-refractivity contribution in [1.82, 2.24) is 20.3 Å². The molecule has 9 rings (SSSR count). The fraction of sp³-hybridized carbons (Fsp3) is 0.0455. The lowest BCUT2D eigenvalue weighted by molar-refractivity contribution is 0.474. The Morgan fingerprint density at radius 3 is 1.20 bits per heavy atom. The molecule has 0 unspecified atom stereocenters. The zero-order valence-corrected chi connectivity index (χ0v) is 27.5. The zero-order valence-electron chi connectivity index (χ0n) is 27.5.